The maximum atomic E-state index is 12.9. The number of β-lactam (4-membered cyclic amide) rings is 1. The number of fused-ring (bicyclic) bond motifs is 2. The lowest BCUT2D eigenvalue weighted by molar-refractivity contribution is -0.146. The van der Waals surface area contributed by atoms with Crippen LogP contribution in [0.4, 0.5) is 5.13 Å². The minimum absolute atomic E-state index is 0.0417. The molecule has 0 aliphatic carbocycles. The van der Waals surface area contributed by atoms with Crippen molar-refractivity contribution in [2.75, 3.05) is 11.5 Å². The number of thioether (sulfide) groups is 1. The molecule has 5 rings (SSSR count). The second kappa shape index (κ2) is 7.93. The highest BCUT2D eigenvalue weighted by atomic mass is 32.2. The summed E-state index contributed by atoms with van der Waals surface area (Å²) in [6, 6.07) is 7.01. The first-order valence-corrected chi connectivity index (χ1v) is 12.4. The van der Waals surface area contributed by atoms with Crippen molar-refractivity contribution in [3.8, 4) is 0 Å². The van der Waals surface area contributed by atoms with Gasteiger partial charge in [-0.1, -0.05) is 24.8 Å². The molecule has 0 spiro atoms. The molecule has 3 aromatic rings. The Balaban J connectivity index is 1.38. The predicted octanol–water partition coefficient (Wildman–Crippen LogP) is 2.15. The van der Waals surface area contributed by atoms with Gasteiger partial charge in [0.2, 0.25) is 11.0 Å². The van der Waals surface area contributed by atoms with Crippen molar-refractivity contribution in [3.05, 3.63) is 46.0 Å². The van der Waals surface area contributed by atoms with Crippen LogP contribution >= 0.6 is 47.1 Å². The van der Waals surface area contributed by atoms with Gasteiger partial charge in [-0.3, -0.25) is 19.3 Å². The van der Waals surface area contributed by atoms with Gasteiger partial charge >= 0.3 is 0 Å². The van der Waals surface area contributed by atoms with Crippen LogP contribution < -0.4 is 11.1 Å². The summed E-state index contributed by atoms with van der Waals surface area (Å²) >= 11 is 8.25. The van der Waals surface area contributed by atoms with Crippen LogP contribution in [0.5, 0.6) is 0 Å². The van der Waals surface area contributed by atoms with Gasteiger partial charge in [-0.2, -0.15) is 0 Å². The number of para-hydroxylation sites is 1. The van der Waals surface area contributed by atoms with Crippen molar-refractivity contribution in [2.45, 2.75) is 17.8 Å². The van der Waals surface area contributed by atoms with Gasteiger partial charge < -0.3 is 11.1 Å². The Morgan fingerprint density at radius 3 is 2.81 bits per heavy atom. The SMILES string of the molecule is Nc1nc(CC(=O)N[C@@H]2C(=O)N3C(C(=O)S)=C(c4nc5ccccc5s4)CS[C@H]23)cs1. The number of nitrogens with zero attached hydrogens (tertiary/aromatic N) is 3. The molecule has 0 bridgehead atoms. The molecule has 1 saturated heterocycles. The highest BCUT2D eigenvalue weighted by Gasteiger charge is 2.54. The fourth-order valence-electron chi connectivity index (χ4n) is 3.58. The third-order valence-corrected chi connectivity index (χ3v) is 8.26. The second-order valence-corrected chi connectivity index (χ2v) is 10.4. The third kappa shape index (κ3) is 3.63. The number of amides is 2. The number of nitrogens with two attached hydrogens (primary N) is 1. The summed E-state index contributed by atoms with van der Waals surface area (Å²) in [5, 5.41) is 4.71. The molecule has 8 nitrogen and oxygen atoms in total. The van der Waals surface area contributed by atoms with E-state index in [4.69, 9.17) is 5.73 Å². The van der Waals surface area contributed by atoms with E-state index in [0.29, 0.717) is 27.2 Å². The van der Waals surface area contributed by atoms with Crippen molar-refractivity contribution >= 4 is 84.9 Å². The van der Waals surface area contributed by atoms with E-state index in [-0.39, 0.29) is 29.3 Å². The predicted molar refractivity (Wildman–Crippen MR) is 126 cm³/mol. The first-order valence-electron chi connectivity index (χ1n) is 9.18. The van der Waals surface area contributed by atoms with Crippen molar-refractivity contribution in [2.24, 2.45) is 0 Å². The van der Waals surface area contributed by atoms with Gasteiger partial charge in [-0.05, 0) is 12.1 Å². The van der Waals surface area contributed by atoms with E-state index in [1.807, 2.05) is 24.3 Å². The number of carbonyl (C=O) groups excluding carboxylic acids is 3. The zero-order valence-corrected chi connectivity index (χ0v) is 19.1. The average molecular weight is 490 g/mol. The Bertz CT molecular complexity index is 1230. The average Bonchev–Trinajstić information content (AvgIpc) is 3.36. The zero-order valence-electron chi connectivity index (χ0n) is 15.8. The smallest absolute Gasteiger partial charge is 0.253 e. The number of thiol groups is 1. The molecule has 0 saturated carbocycles. The van der Waals surface area contributed by atoms with Crippen LogP contribution in [0, 0.1) is 0 Å². The monoisotopic (exact) mass is 489 g/mol. The molecule has 2 amide bonds. The maximum Gasteiger partial charge on any atom is 0.253 e. The van der Waals surface area contributed by atoms with Gasteiger partial charge in [0.1, 0.15) is 22.1 Å². The normalized spacial score (nSPS) is 20.5. The number of carbonyl (C=O) groups is 3. The van der Waals surface area contributed by atoms with Gasteiger partial charge in [-0.25, -0.2) is 9.97 Å². The number of hydrogen-bond acceptors (Lipinski definition) is 9. The van der Waals surface area contributed by atoms with Gasteiger partial charge in [0.15, 0.2) is 5.13 Å². The number of aromatic nitrogens is 2. The van der Waals surface area contributed by atoms with Crippen LogP contribution in [0.1, 0.15) is 10.7 Å². The Morgan fingerprint density at radius 2 is 2.10 bits per heavy atom. The van der Waals surface area contributed by atoms with E-state index in [9.17, 15) is 14.4 Å². The number of benzene rings is 1. The minimum atomic E-state index is -0.701. The lowest BCUT2D eigenvalue weighted by atomic mass is 10.0. The Labute approximate surface area is 194 Å². The van der Waals surface area contributed by atoms with E-state index in [0.717, 1.165) is 10.2 Å². The summed E-state index contributed by atoms with van der Waals surface area (Å²) in [5.74, 6) is -0.159. The minimum Gasteiger partial charge on any atom is -0.375 e. The molecule has 4 heterocycles. The second-order valence-electron chi connectivity index (χ2n) is 6.93. The summed E-state index contributed by atoms with van der Waals surface area (Å²) < 4.78 is 1.01. The number of anilines is 1. The van der Waals surface area contributed by atoms with E-state index >= 15 is 0 Å². The number of thiazole rings is 2. The Hall–Kier alpha value is -2.41. The maximum absolute atomic E-state index is 12.9. The molecule has 0 radical (unpaired) electrons. The van der Waals surface area contributed by atoms with Crippen LogP contribution in [0.3, 0.4) is 0 Å². The van der Waals surface area contributed by atoms with E-state index < -0.39 is 11.2 Å². The third-order valence-electron chi connectivity index (χ3n) is 4.95. The van der Waals surface area contributed by atoms with Gasteiger partial charge in [0.25, 0.3) is 5.91 Å². The molecule has 158 valence electrons. The van der Waals surface area contributed by atoms with Crippen LogP contribution in [0.25, 0.3) is 15.8 Å². The molecular formula is C19H15N5O3S4. The standard InChI is InChI=1S/C19H15N5O3S4/c20-19-21-8(6-30-19)5-12(25)23-13-16(26)24-14(18(27)28)9(7-29-17(13)24)15-22-10-3-1-2-4-11(10)31-15/h1-4,6,13,17H,5,7H2,(H2,20,21)(H,23,25)(H,27,28)/t13-,17-/m1/s1. The molecule has 0 unspecified atom stereocenters. The molecule has 2 atom stereocenters. The molecular weight excluding hydrogens is 475 g/mol. The molecule has 2 aliphatic rings. The Kier molecular flexibility index (Phi) is 5.24. The summed E-state index contributed by atoms with van der Waals surface area (Å²) in [5.41, 5.74) is 7.93. The van der Waals surface area contributed by atoms with Crippen molar-refractivity contribution in [3.63, 3.8) is 0 Å². The van der Waals surface area contributed by atoms with Crippen molar-refractivity contribution < 1.29 is 14.4 Å². The number of rotatable bonds is 5. The van der Waals surface area contributed by atoms with Crippen LogP contribution in [0.2, 0.25) is 0 Å². The van der Waals surface area contributed by atoms with Crippen molar-refractivity contribution in [1.29, 1.82) is 0 Å². The lowest BCUT2D eigenvalue weighted by Gasteiger charge is -2.49. The number of hydrogen-bond donors (Lipinski definition) is 3. The van der Waals surface area contributed by atoms with Crippen molar-refractivity contribution in [1.82, 2.24) is 20.2 Å². The summed E-state index contributed by atoms with van der Waals surface area (Å²) in [6.07, 6.45) is 0.0417. The molecule has 12 heteroatoms. The molecule has 1 fully saturated rings. The van der Waals surface area contributed by atoms with Gasteiger partial charge in [0.05, 0.1) is 22.3 Å². The number of nitrogen functional groups attached to an aromatic ring is 1. The summed E-state index contributed by atoms with van der Waals surface area (Å²) in [7, 11) is 0. The first kappa shape index (κ1) is 20.5. The fraction of sp³-hybridized carbons (Fsp3) is 0.211. The zero-order chi connectivity index (χ0) is 21.7. The number of nitrogens with one attached hydrogen (secondary N) is 1. The molecule has 2 aliphatic heterocycles. The highest BCUT2D eigenvalue weighted by Crippen LogP contribution is 2.45. The largest absolute Gasteiger partial charge is 0.375 e. The van der Waals surface area contributed by atoms with Gasteiger partial charge in [0, 0.05) is 16.7 Å². The van der Waals surface area contributed by atoms with Crippen LogP contribution in [-0.2, 0) is 20.8 Å². The molecule has 2 aromatic heterocycles. The van der Waals surface area contributed by atoms with Crippen LogP contribution in [-0.4, -0.2) is 49.0 Å². The summed E-state index contributed by atoms with van der Waals surface area (Å²) in [6.45, 7) is 0. The lowest BCUT2D eigenvalue weighted by Crippen LogP contribution is -2.70. The molecule has 31 heavy (non-hydrogen) atoms. The quantitative estimate of drug-likeness (QED) is 0.371. The Morgan fingerprint density at radius 1 is 1.29 bits per heavy atom. The first-order chi connectivity index (χ1) is 14.9. The fourth-order valence-corrected chi connectivity index (χ4v) is 6.83. The van der Waals surface area contributed by atoms with E-state index in [2.05, 4.69) is 27.9 Å². The molecule has 1 aromatic carbocycles. The van der Waals surface area contributed by atoms with Gasteiger partial charge in [-0.15, -0.1) is 34.4 Å². The van der Waals surface area contributed by atoms with Crippen LogP contribution in [0.15, 0.2) is 35.3 Å². The summed E-state index contributed by atoms with van der Waals surface area (Å²) in [4.78, 5) is 47.8. The molecule has 3 N–H and O–H groups in total. The topological polar surface area (TPSA) is 118 Å². The van der Waals surface area contributed by atoms with E-state index in [1.54, 1.807) is 5.38 Å². The van der Waals surface area contributed by atoms with E-state index in [1.165, 1.54) is 39.3 Å². The highest BCUT2D eigenvalue weighted by molar-refractivity contribution is 8.00.